The summed E-state index contributed by atoms with van der Waals surface area (Å²) in [6.07, 6.45) is 2.75. The number of aromatic nitrogens is 2. The molecule has 7 nitrogen and oxygen atoms in total. The fourth-order valence-corrected chi connectivity index (χ4v) is 3.87. The molecule has 1 aromatic heterocycles. The minimum Gasteiger partial charge on any atom is -0.370 e. The van der Waals surface area contributed by atoms with E-state index in [2.05, 4.69) is 41.3 Å². The summed E-state index contributed by atoms with van der Waals surface area (Å²) in [7, 11) is 4.19. The van der Waals surface area contributed by atoms with E-state index in [1.54, 1.807) is 0 Å². The summed E-state index contributed by atoms with van der Waals surface area (Å²) >= 11 is 0. The molecule has 1 spiro atoms. The lowest BCUT2D eigenvalue weighted by atomic mass is 10.0. The third-order valence-electron chi connectivity index (χ3n) is 5.49. The molecule has 1 aromatic carbocycles. The van der Waals surface area contributed by atoms with Crippen molar-refractivity contribution < 1.29 is 9.47 Å². The highest BCUT2D eigenvalue weighted by Crippen LogP contribution is 2.33. The van der Waals surface area contributed by atoms with Gasteiger partial charge in [-0.15, -0.1) is 0 Å². The van der Waals surface area contributed by atoms with Crippen molar-refractivity contribution in [2.45, 2.75) is 25.0 Å². The Kier molecular flexibility index (Phi) is 6.28. The van der Waals surface area contributed by atoms with Gasteiger partial charge in [0.2, 0.25) is 5.95 Å². The zero-order chi connectivity index (χ0) is 20.1. The van der Waals surface area contributed by atoms with E-state index in [-0.39, 0.29) is 5.79 Å². The fraction of sp³-hybridized carbons (Fsp3) is 0.545. The van der Waals surface area contributed by atoms with Crippen molar-refractivity contribution in [1.29, 1.82) is 0 Å². The highest BCUT2D eigenvalue weighted by molar-refractivity contribution is 5.64. The molecular formula is C22H31N5O2. The molecule has 29 heavy (non-hydrogen) atoms. The minimum absolute atomic E-state index is 0.388. The Morgan fingerprint density at radius 3 is 2.48 bits per heavy atom. The van der Waals surface area contributed by atoms with Gasteiger partial charge in [0, 0.05) is 44.1 Å². The van der Waals surface area contributed by atoms with Gasteiger partial charge in [-0.3, -0.25) is 0 Å². The Morgan fingerprint density at radius 1 is 1.07 bits per heavy atom. The molecule has 0 atom stereocenters. The molecule has 0 bridgehead atoms. The van der Waals surface area contributed by atoms with Crippen LogP contribution in [0, 0.1) is 0 Å². The van der Waals surface area contributed by atoms with Gasteiger partial charge in [-0.25, -0.2) is 4.98 Å². The molecule has 0 radical (unpaired) electrons. The van der Waals surface area contributed by atoms with Crippen molar-refractivity contribution >= 4 is 11.8 Å². The maximum Gasteiger partial charge on any atom is 0.227 e. The molecule has 0 saturated carbocycles. The summed E-state index contributed by atoms with van der Waals surface area (Å²) in [6, 6.07) is 12.3. The number of rotatable bonds is 7. The van der Waals surface area contributed by atoms with E-state index in [4.69, 9.17) is 19.4 Å². The van der Waals surface area contributed by atoms with Crippen molar-refractivity contribution in [2.24, 2.45) is 0 Å². The lowest BCUT2D eigenvalue weighted by molar-refractivity contribution is -0.169. The summed E-state index contributed by atoms with van der Waals surface area (Å²) in [5.74, 6) is 1.26. The first-order chi connectivity index (χ1) is 14.1. The average molecular weight is 398 g/mol. The Balaban J connectivity index is 1.51. The quantitative estimate of drug-likeness (QED) is 0.721. The molecule has 2 aromatic rings. The molecule has 3 heterocycles. The van der Waals surface area contributed by atoms with Crippen LogP contribution in [0.5, 0.6) is 0 Å². The third kappa shape index (κ3) is 5.04. The van der Waals surface area contributed by atoms with Crippen LogP contribution >= 0.6 is 0 Å². The predicted molar refractivity (Wildman–Crippen MR) is 115 cm³/mol. The number of ether oxygens (including phenoxy) is 2. The van der Waals surface area contributed by atoms with E-state index in [9.17, 15) is 0 Å². The van der Waals surface area contributed by atoms with Crippen LogP contribution in [0.15, 0.2) is 36.4 Å². The topological polar surface area (TPSA) is 62.8 Å². The van der Waals surface area contributed by atoms with E-state index < -0.39 is 0 Å². The van der Waals surface area contributed by atoms with Gasteiger partial charge in [0.05, 0.1) is 18.9 Å². The summed E-state index contributed by atoms with van der Waals surface area (Å²) in [6.45, 7) is 4.98. The first-order valence-corrected chi connectivity index (χ1v) is 10.5. The largest absolute Gasteiger partial charge is 0.370 e. The van der Waals surface area contributed by atoms with Crippen molar-refractivity contribution in [3.8, 4) is 11.3 Å². The molecule has 0 aliphatic carbocycles. The van der Waals surface area contributed by atoms with Gasteiger partial charge in [-0.1, -0.05) is 30.3 Å². The summed E-state index contributed by atoms with van der Waals surface area (Å²) < 4.78 is 11.7. The van der Waals surface area contributed by atoms with Crippen LogP contribution in [0.3, 0.4) is 0 Å². The Bertz CT molecular complexity index is 783. The second kappa shape index (κ2) is 9.07. The number of hydrogen-bond donors (Lipinski definition) is 1. The number of nitrogens with one attached hydrogen (secondary N) is 1. The second-order valence-electron chi connectivity index (χ2n) is 7.98. The first kappa shape index (κ1) is 20.1. The van der Waals surface area contributed by atoms with Crippen molar-refractivity contribution in [1.82, 2.24) is 14.9 Å². The van der Waals surface area contributed by atoms with E-state index in [0.717, 1.165) is 68.5 Å². The molecule has 2 fully saturated rings. The Hall–Kier alpha value is -2.22. The van der Waals surface area contributed by atoms with Crippen LogP contribution in [-0.4, -0.2) is 74.1 Å². The smallest absolute Gasteiger partial charge is 0.227 e. The van der Waals surface area contributed by atoms with E-state index in [1.807, 2.05) is 24.3 Å². The molecule has 0 amide bonds. The number of piperidine rings is 1. The summed E-state index contributed by atoms with van der Waals surface area (Å²) in [4.78, 5) is 14.1. The van der Waals surface area contributed by atoms with Crippen molar-refractivity contribution in [2.75, 3.05) is 63.7 Å². The molecule has 2 saturated heterocycles. The van der Waals surface area contributed by atoms with E-state index in [1.165, 1.54) is 0 Å². The molecule has 7 heteroatoms. The summed E-state index contributed by atoms with van der Waals surface area (Å²) in [5, 5.41) is 3.48. The van der Waals surface area contributed by atoms with Gasteiger partial charge >= 0.3 is 0 Å². The molecule has 156 valence electrons. The van der Waals surface area contributed by atoms with Crippen LogP contribution in [0.1, 0.15) is 19.3 Å². The summed E-state index contributed by atoms with van der Waals surface area (Å²) in [5.41, 5.74) is 2.04. The van der Waals surface area contributed by atoms with Crippen LogP contribution < -0.4 is 10.2 Å². The standard InChI is InChI=1S/C22H31N5O2/c1-26(2)12-6-11-23-20-17-19(18-7-4-3-5-8-18)24-21(25-20)27-13-9-22(10-14-27)28-15-16-29-22/h3-5,7-8,17H,6,9-16H2,1-2H3,(H,23,24,25). The van der Waals surface area contributed by atoms with Gasteiger partial charge < -0.3 is 24.6 Å². The monoisotopic (exact) mass is 397 g/mol. The molecule has 4 rings (SSSR count). The number of benzene rings is 1. The zero-order valence-electron chi connectivity index (χ0n) is 17.4. The molecular weight excluding hydrogens is 366 g/mol. The lowest BCUT2D eigenvalue weighted by Gasteiger charge is -2.37. The molecule has 0 unspecified atom stereocenters. The Morgan fingerprint density at radius 2 is 1.79 bits per heavy atom. The molecule has 1 N–H and O–H groups in total. The second-order valence-corrected chi connectivity index (χ2v) is 7.98. The van der Waals surface area contributed by atoms with E-state index in [0.29, 0.717) is 13.2 Å². The van der Waals surface area contributed by atoms with Gasteiger partial charge in [0.25, 0.3) is 0 Å². The maximum absolute atomic E-state index is 5.86. The highest BCUT2D eigenvalue weighted by atomic mass is 16.7. The lowest BCUT2D eigenvalue weighted by Crippen LogP contribution is -2.45. The molecule has 2 aliphatic rings. The normalized spacial score (nSPS) is 18.5. The first-order valence-electron chi connectivity index (χ1n) is 10.5. The van der Waals surface area contributed by atoms with Crippen LogP contribution in [0.4, 0.5) is 11.8 Å². The number of anilines is 2. The average Bonchev–Trinajstić information content (AvgIpc) is 3.20. The fourth-order valence-electron chi connectivity index (χ4n) is 3.87. The van der Waals surface area contributed by atoms with Crippen molar-refractivity contribution in [3.05, 3.63) is 36.4 Å². The predicted octanol–water partition coefficient (Wildman–Crippen LogP) is 2.85. The molecule has 2 aliphatic heterocycles. The van der Waals surface area contributed by atoms with Gasteiger partial charge in [0.1, 0.15) is 5.82 Å². The zero-order valence-corrected chi connectivity index (χ0v) is 17.4. The number of nitrogens with zero attached hydrogens (tertiary/aromatic N) is 4. The van der Waals surface area contributed by atoms with Crippen LogP contribution in [0.25, 0.3) is 11.3 Å². The van der Waals surface area contributed by atoms with Gasteiger partial charge in [-0.05, 0) is 27.1 Å². The number of hydrogen-bond acceptors (Lipinski definition) is 7. The minimum atomic E-state index is -0.388. The third-order valence-corrected chi connectivity index (χ3v) is 5.49. The SMILES string of the molecule is CN(C)CCCNc1cc(-c2ccccc2)nc(N2CCC3(CC2)OCCO3)n1. The van der Waals surface area contributed by atoms with E-state index >= 15 is 0 Å². The van der Waals surface area contributed by atoms with Gasteiger partial charge in [-0.2, -0.15) is 4.98 Å². The Labute approximate surface area is 173 Å². The maximum atomic E-state index is 5.86. The van der Waals surface area contributed by atoms with Gasteiger partial charge in [0.15, 0.2) is 5.79 Å². The highest BCUT2D eigenvalue weighted by Gasteiger charge is 2.40. The van der Waals surface area contributed by atoms with Crippen LogP contribution in [0.2, 0.25) is 0 Å². The van der Waals surface area contributed by atoms with Crippen molar-refractivity contribution in [3.63, 3.8) is 0 Å². The van der Waals surface area contributed by atoms with Crippen LogP contribution in [-0.2, 0) is 9.47 Å².